The van der Waals surface area contributed by atoms with Gasteiger partial charge in [-0.25, -0.2) is 9.18 Å². The summed E-state index contributed by atoms with van der Waals surface area (Å²) >= 11 is 0. The van der Waals surface area contributed by atoms with Crippen LogP contribution in [0.3, 0.4) is 0 Å². The van der Waals surface area contributed by atoms with Gasteiger partial charge < -0.3 is 19.1 Å². The molecule has 3 aromatic rings. The minimum absolute atomic E-state index is 0.0240. The Hall–Kier alpha value is -3.88. The van der Waals surface area contributed by atoms with Gasteiger partial charge in [-0.15, -0.1) is 0 Å². The molecule has 0 spiro atoms. The first-order valence-corrected chi connectivity index (χ1v) is 11.2. The third-order valence-corrected chi connectivity index (χ3v) is 6.08. The Balaban J connectivity index is 1.35. The lowest BCUT2D eigenvalue weighted by molar-refractivity contribution is 0.0517. The number of carbonyl (C=O) groups is 2. The van der Waals surface area contributed by atoms with Crippen LogP contribution in [0.25, 0.3) is 11.3 Å². The number of ether oxygens (including phenoxy) is 3. The van der Waals surface area contributed by atoms with Crippen molar-refractivity contribution in [2.24, 2.45) is 0 Å². The van der Waals surface area contributed by atoms with E-state index in [1.807, 2.05) is 4.68 Å². The number of rotatable bonds is 5. The molecule has 0 unspecified atom stereocenters. The van der Waals surface area contributed by atoms with Crippen LogP contribution in [0.1, 0.15) is 46.7 Å². The molecular formula is C25H24FN3O5. The topological polar surface area (TPSA) is 82.9 Å². The second-order valence-electron chi connectivity index (χ2n) is 8.18. The van der Waals surface area contributed by atoms with Crippen LogP contribution in [0.2, 0.25) is 0 Å². The maximum absolute atomic E-state index is 13.5. The van der Waals surface area contributed by atoms with E-state index in [2.05, 4.69) is 5.10 Å². The molecule has 1 saturated heterocycles. The van der Waals surface area contributed by atoms with Gasteiger partial charge in [0.2, 0.25) is 6.79 Å². The molecular weight excluding hydrogens is 441 g/mol. The third-order valence-electron chi connectivity index (χ3n) is 6.08. The lowest BCUT2D eigenvalue weighted by Crippen LogP contribution is -2.39. The van der Waals surface area contributed by atoms with E-state index >= 15 is 0 Å². The lowest BCUT2D eigenvalue weighted by atomic mass is 10.0. The molecule has 5 rings (SSSR count). The second kappa shape index (κ2) is 9.17. The predicted molar refractivity (Wildman–Crippen MR) is 120 cm³/mol. The fraction of sp³-hybridized carbons (Fsp3) is 0.320. The normalized spacial score (nSPS) is 15.4. The van der Waals surface area contributed by atoms with Crippen LogP contribution in [0.15, 0.2) is 48.5 Å². The zero-order valence-corrected chi connectivity index (χ0v) is 18.7. The van der Waals surface area contributed by atoms with Gasteiger partial charge in [-0.1, -0.05) is 0 Å². The van der Waals surface area contributed by atoms with Gasteiger partial charge in [0.25, 0.3) is 5.91 Å². The van der Waals surface area contributed by atoms with E-state index < -0.39 is 5.97 Å². The van der Waals surface area contributed by atoms with Crippen LogP contribution in [-0.4, -0.2) is 53.0 Å². The Morgan fingerprint density at radius 1 is 1.06 bits per heavy atom. The quantitative estimate of drug-likeness (QED) is 0.529. The number of esters is 1. The number of piperidine rings is 1. The Bertz CT molecular complexity index is 1220. The van der Waals surface area contributed by atoms with Gasteiger partial charge in [0.05, 0.1) is 18.3 Å². The predicted octanol–water partition coefficient (Wildman–Crippen LogP) is 4.07. The van der Waals surface area contributed by atoms with Crippen LogP contribution >= 0.6 is 0 Å². The first kappa shape index (κ1) is 21.9. The maximum Gasteiger partial charge on any atom is 0.358 e. The average molecular weight is 465 g/mol. The number of benzene rings is 2. The average Bonchev–Trinajstić information content (AvgIpc) is 3.51. The highest BCUT2D eigenvalue weighted by molar-refractivity contribution is 5.95. The van der Waals surface area contributed by atoms with Crippen molar-refractivity contribution in [3.63, 3.8) is 0 Å². The lowest BCUT2D eigenvalue weighted by Gasteiger charge is -2.33. The molecule has 0 radical (unpaired) electrons. The molecule has 2 aliphatic rings. The molecule has 2 aliphatic heterocycles. The molecule has 176 valence electrons. The number of aromatic nitrogens is 2. The Labute approximate surface area is 195 Å². The molecule has 0 atom stereocenters. The van der Waals surface area contributed by atoms with Gasteiger partial charge >= 0.3 is 5.97 Å². The molecule has 2 aromatic carbocycles. The van der Waals surface area contributed by atoms with E-state index in [-0.39, 0.29) is 36.9 Å². The van der Waals surface area contributed by atoms with Crippen molar-refractivity contribution in [2.75, 3.05) is 26.5 Å². The minimum Gasteiger partial charge on any atom is -0.461 e. The van der Waals surface area contributed by atoms with Crippen molar-refractivity contribution in [1.29, 1.82) is 0 Å². The zero-order chi connectivity index (χ0) is 23.7. The van der Waals surface area contributed by atoms with Crippen LogP contribution in [0.4, 0.5) is 4.39 Å². The van der Waals surface area contributed by atoms with Gasteiger partial charge in [0.15, 0.2) is 17.2 Å². The summed E-state index contributed by atoms with van der Waals surface area (Å²) < 4.78 is 31.1. The van der Waals surface area contributed by atoms with Gasteiger partial charge in [-0.05, 0) is 68.3 Å². The standard InChI is InChI=1S/C25H24FN3O5/c1-2-32-25(31)20-14-21(16-3-6-18(26)7-4-16)29(27-20)19-9-11-28(12-10-19)24(30)17-5-8-22-23(13-17)34-15-33-22/h3-8,13-14,19H,2,9-12,15H2,1H3. The van der Waals surface area contributed by atoms with Crippen molar-refractivity contribution in [2.45, 2.75) is 25.8 Å². The number of halogens is 1. The minimum atomic E-state index is -0.500. The zero-order valence-electron chi connectivity index (χ0n) is 18.7. The fourth-order valence-electron chi connectivity index (χ4n) is 4.34. The van der Waals surface area contributed by atoms with Crippen molar-refractivity contribution in [1.82, 2.24) is 14.7 Å². The summed E-state index contributed by atoms with van der Waals surface area (Å²) in [6.45, 7) is 3.22. The third kappa shape index (κ3) is 4.21. The molecule has 0 bridgehead atoms. The van der Waals surface area contributed by atoms with Crippen LogP contribution in [0.5, 0.6) is 11.5 Å². The molecule has 1 aromatic heterocycles. The summed E-state index contributed by atoms with van der Waals surface area (Å²) in [6, 6.07) is 12.9. The number of carbonyl (C=O) groups excluding carboxylic acids is 2. The van der Waals surface area contributed by atoms with Gasteiger partial charge in [0.1, 0.15) is 5.82 Å². The first-order valence-electron chi connectivity index (χ1n) is 11.2. The van der Waals surface area contributed by atoms with Crippen LogP contribution < -0.4 is 9.47 Å². The molecule has 3 heterocycles. The van der Waals surface area contributed by atoms with Gasteiger partial charge in [0, 0.05) is 24.2 Å². The number of hydrogen-bond acceptors (Lipinski definition) is 6. The van der Waals surface area contributed by atoms with Crippen molar-refractivity contribution >= 4 is 11.9 Å². The number of nitrogens with zero attached hydrogens (tertiary/aromatic N) is 3. The smallest absolute Gasteiger partial charge is 0.358 e. The Morgan fingerprint density at radius 3 is 2.53 bits per heavy atom. The second-order valence-corrected chi connectivity index (χ2v) is 8.18. The van der Waals surface area contributed by atoms with E-state index in [0.29, 0.717) is 48.7 Å². The van der Waals surface area contributed by atoms with Gasteiger partial charge in [-0.2, -0.15) is 5.10 Å². The molecule has 34 heavy (non-hydrogen) atoms. The number of hydrogen-bond donors (Lipinski definition) is 0. The largest absolute Gasteiger partial charge is 0.461 e. The molecule has 8 nitrogen and oxygen atoms in total. The van der Waals surface area contributed by atoms with Crippen molar-refractivity contribution in [3.8, 4) is 22.8 Å². The summed E-state index contributed by atoms with van der Waals surface area (Å²) in [5, 5.41) is 4.53. The van der Waals surface area contributed by atoms with E-state index in [1.54, 1.807) is 48.2 Å². The Kier molecular flexibility index (Phi) is 5.91. The van der Waals surface area contributed by atoms with E-state index in [4.69, 9.17) is 14.2 Å². The summed E-state index contributed by atoms with van der Waals surface area (Å²) in [5.41, 5.74) is 2.23. The summed E-state index contributed by atoms with van der Waals surface area (Å²) in [5.74, 6) is 0.311. The molecule has 0 N–H and O–H groups in total. The van der Waals surface area contributed by atoms with Crippen molar-refractivity contribution < 1.29 is 28.2 Å². The maximum atomic E-state index is 13.5. The van der Waals surface area contributed by atoms with E-state index in [0.717, 1.165) is 5.56 Å². The molecule has 0 aliphatic carbocycles. The molecule has 1 amide bonds. The van der Waals surface area contributed by atoms with E-state index in [1.165, 1.54) is 12.1 Å². The first-order chi connectivity index (χ1) is 16.5. The summed E-state index contributed by atoms with van der Waals surface area (Å²) in [6.07, 6.45) is 1.32. The molecule has 0 saturated carbocycles. The number of likely N-dealkylation sites (tertiary alicyclic amines) is 1. The molecule has 9 heteroatoms. The number of amides is 1. The van der Waals surface area contributed by atoms with E-state index in [9.17, 15) is 14.0 Å². The highest BCUT2D eigenvalue weighted by Gasteiger charge is 2.29. The monoisotopic (exact) mass is 465 g/mol. The highest BCUT2D eigenvalue weighted by Crippen LogP contribution is 2.34. The Morgan fingerprint density at radius 2 is 1.79 bits per heavy atom. The molecule has 1 fully saturated rings. The van der Waals surface area contributed by atoms with Crippen LogP contribution in [0, 0.1) is 5.82 Å². The SMILES string of the molecule is CCOC(=O)c1cc(-c2ccc(F)cc2)n(C2CCN(C(=O)c3ccc4c(c3)OCO4)CC2)n1. The summed E-state index contributed by atoms with van der Waals surface area (Å²) in [4.78, 5) is 27.2. The van der Waals surface area contributed by atoms with Crippen molar-refractivity contribution in [3.05, 3.63) is 65.6 Å². The van der Waals surface area contributed by atoms with Crippen LogP contribution in [-0.2, 0) is 4.74 Å². The highest BCUT2D eigenvalue weighted by atomic mass is 19.1. The fourth-order valence-corrected chi connectivity index (χ4v) is 4.34. The van der Waals surface area contributed by atoms with Gasteiger partial charge in [-0.3, -0.25) is 9.48 Å². The summed E-state index contributed by atoms with van der Waals surface area (Å²) in [7, 11) is 0. The number of fused-ring (bicyclic) bond motifs is 1.